The summed E-state index contributed by atoms with van der Waals surface area (Å²) >= 11 is 0. The van der Waals surface area contributed by atoms with E-state index in [0.717, 1.165) is 29.4 Å². The predicted octanol–water partition coefficient (Wildman–Crippen LogP) is 3.07. The molecule has 0 saturated heterocycles. The smallest absolute Gasteiger partial charge is 0.293 e. The first-order valence-electron chi connectivity index (χ1n) is 11.7. The molecule has 4 aromatic rings. The van der Waals surface area contributed by atoms with Gasteiger partial charge in [-0.1, -0.05) is 30.3 Å². The molecule has 0 bridgehead atoms. The molecule has 0 atom stereocenters. The maximum Gasteiger partial charge on any atom is 0.293 e. The van der Waals surface area contributed by atoms with E-state index in [4.69, 9.17) is 0 Å². The molecule has 4 rings (SSSR count). The fourth-order valence-electron chi connectivity index (χ4n) is 4.08. The van der Waals surface area contributed by atoms with Crippen LogP contribution in [-0.2, 0) is 30.8 Å². The normalized spacial score (nSPS) is 11.2. The quantitative estimate of drug-likeness (QED) is 0.330. The fourth-order valence-corrected chi connectivity index (χ4v) is 4.08. The van der Waals surface area contributed by atoms with Crippen LogP contribution in [0.15, 0.2) is 65.7 Å². The second-order valence-electron chi connectivity index (χ2n) is 9.05. The second kappa shape index (κ2) is 11.0. The minimum Gasteiger partial charge on any atom is -0.365 e. The Morgan fingerprint density at radius 2 is 1.91 bits per heavy atom. The molecule has 0 spiro atoms. The number of fused-ring (bicyclic) bond motifs is 1. The van der Waals surface area contributed by atoms with Crippen LogP contribution >= 0.6 is 0 Å². The Labute approximate surface area is 205 Å². The summed E-state index contributed by atoms with van der Waals surface area (Å²) in [6.07, 6.45) is 4.27. The van der Waals surface area contributed by atoms with Gasteiger partial charge in [-0.25, -0.2) is 4.98 Å². The van der Waals surface area contributed by atoms with Crippen molar-refractivity contribution in [3.63, 3.8) is 0 Å². The minimum absolute atomic E-state index is 0.0547. The number of benzene rings is 2. The van der Waals surface area contributed by atoms with Gasteiger partial charge < -0.3 is 20.5 Å². The second-order valence-corrected chi connectivity index (χ2v) is 9.05. The third-order valence-corrected chi connectivity index (χ3v) is 5.86. The maximum atomic E-state index is 13.0. The Bertz CT molecular complexity index is 1370. The van der Waals surface area contributed by atoms with E-state index in [1.807, 2.05) is 44.6 Å². The molecule has 0 fully saturated rings. The number of nitrogens with one attached hydrogen (secondary N) is 3. The van der Waals surface area contributed by atoms with Crippen LogP contribution in [0.25, 0.3) is 10.9 Å². The largest absolute Gasteiger partial charge is 0.365 e. The van der Waals surface area contributed by atoms with Crippen LogP contribution in [0, 0.1) is 6.92 Å². The van der Waals surface area contributed by atoms with Gasteiger partial charge in [-0.2, -0.15) is 0 Å². The number of aryl methyl sites for hydroxylation is 1. The molecule has 0 radical (unpaired) electrons. The summed E-state index contributed by atoms with van der Waals surface area (Å²) in [5.41, 5.74) is 4.85. The highest BCUT2D eigenvalue weighted by atomic mass is 16.2. The molecule has 35 heavy (non-hydrogen) atoms. The molecular weight excluding hydrogens is 440 g/mol. The van der Waals surface area contributed by atoms with E-state index in [1.54, 1.807) is 13.1 Å². The molecular formula is C27H32N6O2. The van der Waals surface area contributed by atoms with Gasteiger partial charge in [0.05, 0.1) is 0 Å². The van der Waals surface area contributed by atoms with Crippen LogP contribution in [0.2, 0.25) is 0 Å². The summed E-state index contributed by atoms with van der Waals surface area (Å²) in [4.78, 5) is 35.1. The SMILES string of the molecule is Cc1cnc(NCCc2cccc(CN(C)C)c2)c(=O)n1CC(=O)NCc1ccc2[nH]ccc2c1. The number of anilines is 1. The number of amides is 1. The molecule has 0 unspecified atom stereocenters. The van der Waals surface area contributed by atoms with Gasteiger partial charge in [-0.15, -0.1) is 0 Å². The Balaban J connectivity index is 1.34. The fraction of sp³-hybridized carbons (Fsp3) is 0.296. The standard InChI is InChI=1S/C27H32N6O2/c1-19-15-31-26(29-11-9-20-5-4-6-22(13-20)17-32(2)3)27(35)33(19)18-25(34)30-16-21-7-8-24-23(14-21)10-12-28-24/h4-8,10,12-15,28H,9,11,16-18H2,1-3H3,(H,29,31)(H,30,34). The van der Waals surface area contributed by atoms with Crippen LogP contribution in [0.4, 0.5) is 5.82 Å². The average Bonchev–Trinajstić information content (AvgIpc) is 3.30. The molecule has 2 heterocycles. The molecule has 0 aliphatic carbocycles. The molecule has 2 aromatic carbocycles. The number of hydrogen-bond donors (Lipinski definition) is 3. The third kappa shape index (κ3) is 6.36. The number of nitrogens with zero attached hydrogens (tertiary/aromatic N) is 3. The Kier molecular flexibility index (Phi) is 7.62. The highest BCUT2D eigenvalue weighted by molar-refractivity contribution is 5.80. The van der Waals surface area contributed by atoms with Gasteiger partial charge in [0.15, 0.2) is 5.82 Å². The Hall–Kier alpha value is -3.91. The molecule has 1 amide bonds. The zero-order chi connectivity index (χ0) is 24.8. The zero-order valence-electron chi connectivity index (χ0n) is 20.5. The number of rotatable bonds is 10. The topological polar surface area (TPSA) is 95.1 Å². The highest BCUT2D eigenvalue weighted by Gasteiger charge is 2.12. The lowest BCUT2D eigenvalue weighted by Gasteiger charge is -2.13. The number of aromatic amines is 1. The Morgan fingerprint density at radius 1 is 1.09 bits per heavy atom. The lowest BCUT2D eigenvalue weighted by molar-refractivity contribution is -0.121. The molecule has 0 aliphatic heterocycles. The number of hydrogen-bond acceptors (Lipinski definition) is 5. The summed E-state index contributed by atoms with van der Waals surface area (Å²) in [5.74, 6) is 0.0324. The Morgan fingerprint density at radius 3 is 2.74 bits per heavy atom. The minimum atomic E-state index is -0.296. The van der Waals surface area contributed by atoms with Crippen molar-refractivity contribution in [3.8, 4) is 0 Å². The first-order valence-corrected chi connectivity index (χ1v) is 11.7. The molecule has 8 nitrogen and oxygen atoms in total. The number of aromatic nitrogens is 3. The zero-order valence-corrected chi connectivity index (χ0v) is 20.5. The molecule has 8 heteroatoms. The van der Waals surface area contributed by atoms with E-state index in [2.05, 4.69) is 49.8 Å². The van der Waals surface area contributed by atoms with Gasteiger partial charge in [-0.3, -0.25) is 14.2 Å². The van der Waals surface area contributed by atoms with E-state index in [9.17, 15) is 9.59 Å². The number of H-pyrrole nitrogens is 1. The van der Waals surface area contributed by atoms with Gasteiger partial charge in [-0.05, 0) is 67.7 Å². The van der Waals surface area contributed by atoms with Crippen molar-refractivity contribution < 1.29 is 4.79 Å². The van der Waals surface area contributed by atoms with Crippen molar-refractivity contribution in [3.05, 3.63) is 93.7 Å². The van der Waals surface area contributed by atoms with Crippen molar-refractivity contribution in [2.24, 2.45) is 0 Å². The van der Waals surface area contributed by atoms with Crippen LogP contribution in [0.3, 0.4) is 0 Å². The van der Waals surface area contributed by atoms with Crippen molar-refractivity contribution in [2.45, 2.75) is 33.0 Å². The van der Waals surface area contributed by atoms with E-state index in [0.29, 0.717) is 18.8 Å². The molecule has 3 N–H and O–H groups in total. The first kappa shape index (κ1) is 24.2. The van der Waals surface area contributed by atoms with Crippen molar-refractivity contribution in [1.29, 1.82) is 0 Å². The lowest BCUT2D eigenvalue weighted by Crippen LogP contribution is -2.34. The van der Waals surface area contributed by atoms with Crippen molar-refractivity contribution in [1.82, 2.24) is 24.8 Å². The predicted molar refractivity (Wildman–Crippen MR) is 139 cm³/mol. The summed E-state index contributed by atoms with van der Waals surface area (Å²) in [7, 11) is 4.09. The van der Waals surface area contributed by atoms with Crippen LogP contribution in [-0.4, -0.2) is 46.0 Å². The summed E-state index contributed by atoms with van der Waals surface area (Å²) < 4.78 is 1.46. The third-order valence-electron chi connectivity index (χ3n) is 5.86. The van der Waals surface area contributed by atoms with Crippen LogP contribution in [0.1, 0.15) is 22.4 Å². The monoisotopic (exact) mass is 472 g/mol. The first-order chi connectivity index (χ1) is 16.9. The van der Waals surface area contributed by atoms with Gasteiger partial charge >= 0.3 is 0 Å². The van der Waals surface area contributed by atoms with Gasteiger partial charge in [0.25, 0.3) is 5.56 Å². The van der Waals surface area contributed by atoms with Gasteiger partial charge in [0, 0.05) is 43.2 Å². The van der Waals surface area contributed by atoms with E-state index in [1.165, 1.54) is 15.7 Å². The maximum absolute atomic E-state index is 13.0. The lowest BCUT2D eigenvalue weighted by atomic mass is 10.1. The van der Waals surface area contributed by atoms with Gasteiger partial charge in [0.1, 0.15) is 6.54 Å². The summed E-state index contributed by atoms with van der Waals surface area (Å²) in [6, 6.07) is 16.4. The van der Waals surface area contributed by atoms with E-state index >= 15 is 0 Å². The van der Waals surface area contributed by atoms with Crippen LogP contribution in [0.5, 0.6) is 0 Å². The average molecular weight is 473 g/mol. The van der Waals surface area contributed by atoms with Crippen molar-refractivity contribution >= 4 is 22.6 Å². The molecule has 0 saturated carbocycles. The van der Waals surface area contributed by atoms with E-state index in [-0.39, 0.29) is 23.8 Å². The van der Waals surface area contributed by atoms with Gasteiger partial charge in [0.2, 0.25) is 5.91 Å². The molecule has 2 aromatic heterocycles. The summed E-state index contributed by atoms with van der Waals surface area (Å²) in [6.45, 7) is 3.58. The summed E-state index contributed by atoms with van der Waals surface area (Å²) in [5, 5.41) is 7.15. The molecule has 0 aliphatic rings. The molecule has 182 valence electrons. The van der Waals surface area contributed by atoms with E-state index < -0.39 is 0 Å². The number of carbonyl (C=O) groups excluding carboxylic acids is 1. The van der Waals surface area contributed by atoms with Crippen LogP contribution < -0.4 is 16.2 Å². The highest BCUT2D eigenvalue weighted by Crippen LogP contribution is 2.14. The van der Waals surface area contributed by atoms with Crippen molar-refractivity contribution in [2.75, 3.05) is 26.0 Å². The number of carbonyl (C=O) groups is 1.